The van der Waals surface area contributed by atoms with Crippen LogP contribution in [-0.4, -0.2) is 10.1 Å². The van der Waals surface area contributed by atoms with Gasteiger partial charge in [-0.05, 0) is 30.9 Å². The zero-order valence-corrected chi connectivity index (χ0v) is 6.95. The van der Waals surface area contributed by atoms with E-state index in [9.17, 15) is 4.79 Å². The van der Waals surface area contributed by atoms with Crippen LogP contribution < -0.4 is 0 Å². The fraction of sp³-hybridized carbons (Fsp3) is 0.571. The first-order valence-corrected chi connectivity index (χ1v) is 3.94. The summed E-state index contributed by atoms with van der Waals surface area (Å²) < 4.78 is 0. The molecular formula is C7H8Cl2O. The fourth-order valence-corrected chi connectivity index (χ4v) is 1.35. The van der Waals surface area contributed by atoms with E-state index in [4.69, 9.17) is 23.2 Å². The number of carbonyl (C=O) groups excluding carboxylic acids is 1. The Morgan fingerprint density at radius 2 is 2.20 bits per heavy atom. The summed E-state index contributed by atoms with van der Waals surface area (Å²) >= 11 is 11.2. The first kappa shape index (κ1) is 8.09. The summed E-state index contributed by atoms with van der Waals surface area (Å²) in [5.74, 6) is 0. The summed E-state index contributed by atoms with van der Waals surface area (Å²) in [6.45, 7) is 0. The van der Waals surface area contributed by atoms with Crippen LogP contribution in [0.2, 0.25) is 0 Å². The van der Waals surface area contributed by atoms with E-state index in [-0.39, 0.29) is 0 Å². The molecule has 0 heterocycles. The van der Waals surface area contributed by atoms with Crippen molar-refractivity contribution in [1.82, 2.24) is 0 Å². The summed E-state index contributed by atoms with van der Waals surface area (Å²) in [6, 6.07) is 0. The molecule has 0 radical (unpaired) electrons. The van der Waals surface area contributed by atoms with Gasteiger partial charge < -0.3 is 0 Å². The summed E-state index contributed by atoms with van der Waals surface area (Å²) in [6.07, 6.45) is 5.99. The molecule has 1 atom stereocenters. The number of rotatable bonds is 1. The van der Waals surface area contributed by atoms with Gasteiger partial charge in [-0.3, -0.25) is 4.79 Å². The van der Waals surface area contributed by atoms with E-state index in [1.807, 2.05) is 12.2 Å². The monoisotopic (exact) mass is 178 g/mol. The lowest BCUT2D eigenvalue weighted by Gasteiger charge is -2.22. The number of hydrogen-bond donors (Lipinski definition) is 0. The van der Waals surface area contributed by atoms with Gasteiger partial charge in [-0.25, -0.2) is 0 Å². The lowest BCUT2D eigenvalue weighted by Crippen LogP contribution is -2.29. The van der Waals surface area contributed by atoms with Gasteiger partial charge in [-0.15, -0.1) is 11.6 Å². The van der Waals surface area contributed by atoms with Crippen LogP contribution in [0.25, 0.3) is 0 Å². The molecule has 1 unspecified atom stereocenters. The molecular weight excluding hydrogens is 171 g/mol. The molecule has 1 aliphatic carbocycles. The molecule has 0 spiro atoms. The van der Waals surface area contributed by atoms with Crippen molar-refractivity contribution in [3.63, 3.8) is 0 Å². The van der Waals surface area contributed by atoms with Crippen molar-refractivity contribution >= 4 is 28.4 Å². The van der Waals surface area contributed by atoms with E-state index in [2.05, 4.69) is 0 Å². The van der Waals surface area contributed by atoms with E-state index < -0.39 is 10.1 Å². The molecule has 0 aromatic rings. The van der Waals surface area contributed by atoms with Crippen LogP contribution in [0.5, 0.6) is 0 Å². The van der Waals surface area contributed by atoms with Crippen molar-refractivity contribution in [3.05, 3.63) is 12.2 Å². The SMILES string of the molecule is O=C(Cl)C1(Cl)CC=CCC1. The molecule has 0 bridgehead atoms. The minimum atomic E-state index is -0.809. The summed E-state index contributed by atoms with van der Waals surface area (Å²) in [7, 11) is 0. The predicted octanol–water partition coefficient (Wildman–Crippen LogP) is 2.47. The highest BCUT2D eigenvalue weighted by Gasteiger charge is 2.34. The summed E-state index contributed by atoms with van der Waals surface area (Å²) in [5, 5.41) is -0.432. The number of carbonyl (C=O) groups is 1. The van der Waals surface area contributed by atoms with E-state index in [1.165, 1.54) is 0 Å². The third-order valence-corrected chi connectivity index (χ3v) is 2.64. The zero-order chi connectivity index (χ0) is 7.61. The molecule has 0 aromatic carbocycles. The Kier molecular flexibility index (Phi) is 2.37. The maximum atomic E-state index is 10.7. The standard InChI is InChI=1S/C7H8Cl2O/c8-6(10)7(9)4-2-1-3-5-7/h1-2H,3-5H2. The number of allylic oxidation sites excluding steroid dienone is 2. The maximum Gasteiger partial charge on any atom is 0.242 e. The van der Waals surface area contributed by atoms with Crippen LogP contribution in [0.1, 0.15) is 19.3 Å². The molecule has 0 saturated heterocycles. The summed E-state index contributed by atoms with van der Waals surface area (Å²) in [5.41, 5.74) is 0. The molecule has 0 N–H and O–H groups in total. The molecule has 0 fully saturated rings. The van der Waals surface area contributed by atoms with Gasteiger partial charge >= 0.3 is 0 Å². The molecule has 0 amide bonds. The Hall–Kier alpha value is -0.0100. The third kappa shape index (κ3) is 1.53. The van der Waals surface area contributed by atoms with Gasteiger partial charge in [-0.1, -0.05) is 12.2 Å². The van der Waals surface area contributed by atoms with Gasteiger partial charge in [-0.2, -0.15) is 0 Å². The number of halogens is 2. The van der Waals surface area contributed by atoms with E-state index in [0.29, 0.717) is 12.8 Å². The highest BCUT2D eigenvalue weighted by atomic mass is 35.5. The van der Waals surface area contributed by atoms with E-state index in [1.54, 1.807) is 0 Å². The fourth-order valence-electron chi connectivity index (χ4n) is 0.981. The second kappa shape index (κ2) is 2.93. The first-order valence-electron chi connectivity index (χ1n) is 3.19. The second-order valence-corrected chi connectivity index (χ2v) is 3.52. The number of alkyl halides is 1. The largest absolute Gasteiger partial charge is 0.279 e. The van der Waals surface area contributed by atoms with Gasteiger partial charge in [0.05, 0.1) is 0 Å². The molecule has 3 heteroatoms. The Morgan fingerprint density at radius 3 is 2.50 bits per heavy atom. The van der Waals surface area contributed by atoms with Crippen LogP contribution in [0.4, 0.5) is 0 Å². The molecule has 56 valence electrons. The van der Waals surface area contributed by atoms with Crippen LogP contribution in [0.3, 0.4) is 0 Å². The topological polar surface area (TPSA) is 17.1 Å². The summed E-state index contributed by atoms with van der Waals surface area (Å²) in [4.78, 5) is 9.91. The van der Waals surface area contributed by atoms with Crippen molar-refractivity contribution in [2.75, 3.05) is 0 Å². The van der Waals surface area contributed by atoms with Crippen LogP contribution in [-0.2, 0) is 4.79 Å². The third-order valence-electron chi connectivity index (χ3n) is 1.67. The average Bonchev–Trinajstić information content (AvgIpc) is 1.89. The van der Waals surface area contributed by atoms with Crippen molar-refractivity contribution in [1.29, 1.82) is 0 Å². The minimum Gasteiger partial charge on any atom is -0.279 e. The second-order valence-electron chi connectivity index (χ2n) is 2.45. The van der Waals surface area contributed by atoms with Gasteiger partial charge in [0.25, 0.3) is 0 Å². The molecule has 0 aliphatic heterocycles. The van der Waals surface area contributed by atoms with E-state index >= 15 is 0 Å². The van der Waals surface area contributed by atoms with Gasteiger partial charge in [0.15, 0.2) is 0 Å². The van der Waals surface area contributed by atoms with Crippen molar-refractivity contribution in [2.24, 2.45) is 0 Å². The predicted molar refractivity (Wildman–Crippen MR) is 42.4 cm³/mol. The quantitative estimate of drug-likeness (QED) is 0.343. The Morgan fingerprint density at radius 1 is 1.50 bits per heavy atom. The van der Waals surface area contributed by atoms with Crippen LogP contribution in [0.15, 0.2) is 12.2 Å². The molecule has 1 rings (SSSR count). The van der Waals surface area contributed by atoms with Gasteiger partial charge in [0, 0.05) is 0 Å². The first-order chi connectivity index (χ1) is 4.65. The zero-order valence-electron chi connectivity index (χ0n) is 5.44. The highest BCUT2D eigenvalue weighted by Crippen LogP contribution is 2.32. The lowest BCUT2D eigenvalue weighted by atomic mass is 9.95. The average molecular weight is 179 g/mol. The number of hydrogen-bond acceptors (Lipinski definition) is 1. The Balaban J connectivity index is 2.68. The Bertz CT molecular complexity index is 176. The minimum absolute atomic E-state index is 0.432. The van der Waals surface area contributed by atoms with Gasteiger partial charge in [0.2, 0.25) is 5.24 Å². The van der Waals surface area contributed by atoms with Gasteiger partial charge in [0.1, 0.15) is 4.87 Å². The smallest absolute Gasteiger partial charge is 0.242 e. The van der Waals surface area contributed by atoms with E-state index in [0.717, 1.165) is 6.42 Å². The molecule has 10 heavy (non-hydrogen) atoms. The van der Waals surface area contributed by atoms with Crippen molar-refractivity contribution in [2.45, 2.75) is 24.1 Å². The van der Waals surface area contributed by atoms with Crippen LogP contribution >= 0.6 is 23.2 Å². The highest BCUT2D eigenvalue weighted by molar-refractivity contribution is 6.70. The Labute approximate surface area is 70.0 Å². The molecule has 0 saturated carbocycles. The maximum absolute atomic E-state index is 10.7. The van der Waals surface area contributed by atoms with Crippen LogP contribution in [0, 0.1) is 0 Å². The molecule has 0 aromatic heterocycles. The van der Waals surface area contributed by atoms with Crippen molar-refractivity contribution in [3.8, 4) is 0 Å². The normalized spacial score (nSPS) is 32.2. The molecule has 1 nitrogen and oxygen atoms in total. The molecule has 1 aliphatic rings. The van der Waals surface area contributed by atoms with Crippen molar-refractivity contribution < 1.29 is 4.79 Å². The lowest BCUT2D eigenvalue weighted by molar-refractivity contribution is -0.114.